The summed E-state index contributed by atoms with van der Waals surface area (Å²) >= 11 is 0. The second kappa shape index (κ2) is 4.55. The molecule has 0 saturated carbocycles. The number of ether oxygens (including phenoxy) is 1. The quantitative estimate of drug-likeness (QED) is 0.647. The Hall–Kier alpha value is -0.318. The Labute approximate surface area is 68.7 Å². The first-order valence-electron chi connectivity index (χ1n) is 2.52. The van der Waals surface area contributed by atoms with Crippen molar-refractivity contribution in [2.24, 2.45) is 0 Å². The molecule has 0 N–H and O–H groups in total. The molecule has 0 aliphatic heterocycles. The van der Waals surface area contributed by atoms with Gasteiger partial charge in [0, 0.05) is 20.4 Å². The predicted molar refractivity (Wildman–Crippen MR) is 33.0 cm³/mol. The standard InChI is InChI=1S/C7H8O.Pd/c1-8-7-5-3-2-4-6-7;/h2-6H,1H3;. The number of para-hydroxylation sites is 1. The van der Waals surface area contributed by atoms with Crippen LogP contribution in [0.1, 0.15) is 0 Å². The molecular formula is C7H8OPd. The zero-order valence-corrected chi connectivity index (χ0v) is 6.67. The SMILES string of the molecule is COc1ccccc1.[Pd]. The van der Waals surface area contributed by atoms with Gasteiger partial charge in [-0.2, -0.15) is 0 Å². The fourth-order valence-corrected chi connectivity index (χ4v) is 0.557. The van der Waals surface area contributed by atoms with Crippen molar-refractivity contribution in [3.05, 3.63) is 30.3 Å². The molecule has 52 valence electrons. The fraction of sp³-hybridized carbons (Fsp3) is 0.143. The second-order valence-corrected chi connectivity index (χ2v) is 1.52. The van der Waals surface area contributed by atoms with E-state index < -0.39 is 0 Å². The molecule has 0 unspecified atom stereocenters. The van der Waals surface area contributed by atoms with Gasteiger partial charge in [-0.25, -0.2) is 0 Å². The van der Waals surface area contributed by atoms with Crippen LogP contribution in [0, 0.1) is 0 Å². The van der Waals surface area contributed by atoms with Gasteiger partial charge in [-0.05, 0) is 12.1 Å². The van der Waals surface area contributed by atoms with Crippen molar-refractivity contribution in [2.75, 3.05) is 7.11 Å². The molecule has 1 aromatic carbocycles. The fourth-order valence-electron chi connectivity index (χ4n) is 0.557. The minimum atomic E-state index is 0. The van der Waals surface area contributed by atoms with Crippen molar-refractivity contribution in [1.29, 1.82) is 0 Å². The summed E-state index contributed by atoms with van der Waals surface area (Å²) in [6, 6.07) is 9.68. The summed E-state index contributed by atoms with van der Waals surface area (Å²) in [6.45, 7) is 0. The van der Waals surface area contributed by atoms with Gasteiger partial charge in [0.1, 0.15) is 5.75 Å². The van der Waals surface area contributed by atoms with E-state index in [0.29, 0.717) is 0 Å². The minimum absolute atomic E-state index is 0. The first-order chi connectivity index (χ1) is 3.93. The minimum Gasteiger partial charge on any atom is -0.497 e. The average Bonchev–Trinajstić information content (AvgIpc) is 1.90. The van der Waals surface area contributed by atoms with Gasteiger partial charge in [-0.1, -0.05) is 18.2 Å². The molecule has 0 aliphatic carbocycles. The molecular weight excluding hydrogens is 206 g/mol. The third-order valence-corrected chi connectivity index (χ3v) is 0.979. The van der Waals surface area contributed by atoms with Gasteiger partial charge in [-0.15, -0.1) is 0 Å². The van der Waals surface area contributed by atoms with E-state index in [1.54, 1.807) is 7.11 Å². The van der Waals surface area contributed by atoms with Gasteiger partial charge < -0.3 is 4.74 Å². The first kappa shape index (κ1) is 8.68. The van der Waals surface area contributed by atoms with E-state index in [4.69, 9.17) is 4.74 Å². The summed E-state index contributed by atoms with van der Waals surface area (Å²) < 4.78 is 4.91. The van der Waals surface area contributed by atoms with Crippen LogP contribution in [0.3, 0.4) is 0 Å². The number of hydrogen-bond donors (Lipinski definition) is 0. The molecule has 0 spiro atoms. The van der Waals surface area contributed by atoms with Gasteiger partial charge in [0.25, 0.3) is 0 Å². The zero-order valence-electron chi connectivity index (χ0n) is 5.11. The number of methoxy groups -OCH3 is 1. The van der Waals surface area contributed by atoms with Crippen LogP contribution in [0.25, 0.3) is 0 Å². The van der Waals surface area contributed by atoms with Crippen LogP contribution < -0.4 is 4.74 Å². The molecule has 0 heterocycles. The van der Waals surface area contributed by atoms with Crippen LogP contribution in [-0.2, 0) is 20.4 Å². The van der Waals surface area contributed by atoms with Gasteiger partial charge in [0.15, 0.2) is 0 Å². The van der Waals surface area contributed by atoms with Crippen molar-refractivity contribution < 1.29 is 25.2 Å². The number of hydrogen-bond acceptors (Lipinski definition) is 1. The van der Waals surface area contributed by atoms with E-state index in [-0.39, 0.29) is 20.4 Å². The van der Waals surface area contributed by atoms with E-state index >= 15 is 0 Å². The molecule has 0 aromatic heterocycles. The maximum absolute atomic E-state index is 4.91. The Morgan fingerprint density at radius 3 is 2.00 bits per heavy atom. The van der Waals surface area contributed by atoms with Crippen molar-refractivity contribution in [1.82, 2.24) is 0 Å². The smallest absolute Gasteiger partial charge is 0.118 e. The Morgan fingerprint density at radius 1 is 1.11 bits per heavy atom. The Kier molecular flexibility index (Phi) is 4.39. The van der Waals surface area contributed by atoms with Crippen LogP contribution >= 0.6 is 0 Å². The van der Waals surface area contributed by atoms with E-state index in [1.165, 1.54) is 0 Å². The molecule has 1 nitrogen and oxygen atoms in total. The summed E-state index contributed by atoms with van der Waals surface area (Å²) in [7, 11) is 1.66. The van der Waals surface area contributed by atoms with Crippen molar-refractivity contribution in [2.45, 2.75) is 0 Å². The summed E-state index contributed by atoms with van der Waals surface area (Å²) in [4.78, 5) is 0. The van der Waals surface area contributed by atoms with Gasteiger partial charge in [0.2, 0.25) is 0 Å². The summed E-state index contributed by atoms with van der Waals surface area (Å²) in [6.07, 6.45) is 0. The second-order valence-electron chi connectivity index (χ2n) is 1.52. The molecule has 0 radical (unpaired) electrons. The summed E-state index contributed by atoms with van der Waals surface area (Å²) in [5.41, 5.74) is 0. The first-order valence-corrected chi connectivity index (χ1v) is 2.52. The Bertz CT molecular complexity index is 150. The van der Waals surface area contributed by atoms with Gasteiger partial charge >= 0.3 is 0 Å². The largest absolute Gasteiger partial charge is 0.497 e. The van der Waals surface area contributed by atoms with Crippen molar-refractivity contribution in [3.8, 4) is 5.75 Å². The van der Waals surface area contributed by atoms with Gasteiger partial charge in [-0.3, -0.25) is 0 Å². The van der Waals surface area contributed by atoms with Crippen LogP contribution in [0.4, 0.5) is 0 Å². The van der Waals surface area contributed by atoms with E-state index in [9.17, 15) is 0 Å². The van der Waals surface area contributed by atoms with E-state index in [1.807, 2.05) is 30.3 Å². The monoisotopic (exact) mass is 214 g/mol. The maximum atomic E-state index is 4.91. The normalized spacial score (nSPS) is 7.67. The van der Waals surface area contributed by atoms with Crippen LogP contribution in [0.2, 0.25) is 0 Å². The topological polar surface area (TPSA) is 9.23 Å². The zero-order chi connectivity index (χ0) is 5.82. The van der Waals surface area contributed by atoms with Crippen molar-refractivity contribution >= 4 is 0 Å². The molecule has 0 bridgehead atoms. The molecule has 0 aliphatic rings. The Balaban J connectivity index is 0.000000640. The molecule has 0 atom stereocenters. The van der Waals surface area contributed by atoms with Crippen LogP contribution in [-0.4, -0.2) is 7.11 Å². The molecule has 0 fully saturated rings. The molecule has 2 heteroatoms. The molecule has 1 rings (SSSR count). The predicted octanol–water partition coefficient (Wildman–Crippen LogP) is 1.69. The number of benzene rings is 1. The number of rotatable bonds is 1. The van der Waals surface area contributed by atoms with Gasteiger partial charge in [0.05, 0.1) is 7.11 Å². The summed E-state index contributed by atoms with van der Waals surface area (Å²) in [5.74, 6) is 0.910. The Morgan fingerprint density at radius 2 is 1.67 bits per heavy atom. The molecule has 0 amide bonds. The van der Waals surface area contributed by atoms with E-state index in [0.717, 1.165) is 5.75 Å². The maximum Gasteiger partial charge on any atom is 0.118 e. The third-order valence-electron chi connectivity index (χ3n) is 0.979. The van der Waals surface area contributed by atoms with Crippen LogP contribution in [0.5, 0.6) is 5.75 Å². The van der Waals surface area contributed by atoms with Crippen molar-refractivity contribution in [3.63, 3.8) is 0 Å². The average molecular weight is 215 g/mol. The van der Waals surface area contributed by atoms with E-state index in [2.05, 4.69) is 0 Å². The molecule has 1 aromatic rings. The molecule has 9 heavy (non-hydrogen) atoms. The molecule has 0 saturated heterocycles. The van der Waals surface area contributed by atoms with Crippen LogP contribution in [0.15, 0.2) is 30.3 Å². The summed E-state index contributed by atoms with van der Waals surface area (Å²) in [5, 5.41) is 0. The third kappa shape index (κ3) is 2.65.